The van der Waals surface area contributed by atoms with Gasteiger partial charge in [-0.05, 0) is 48.0 Å². The van der Waals surface area contributed by atoms with E-state index in [9.17, 15) is 9.18 Å². The van der Waals surface area contributed by atoms with Crippen molar-refractivity contribution < 1.29 is 13.9 Å². The molecule has 1 rings (SSSR count). The van der Waals surface area contributed by atoms with Crippen molar-refractivity contribution in [1.29, 1.82) is 0 Å². The largest absolute Gasteiger partial charge is 0.447 e. The third-order valence-electron chi connectivity index (χ3n) is 1.51. The van der Waals surface area contributed by atoms with Crippen LogP contribution in [0.3, 0.4) is 0 Å². The Bertz CT molecular complexity index is 368. The minimum absolute atomic E-state index is 0.186. The van der Waals surface area contributed by atoms with Gasteiger partial charge in [0.2, 0.25) is 0 Å². The molecule has 1 aromatic carbocycles. The highest BCUT2D eigenvalue weighted by Gasteiger charge is 2.06. The molecule has 5 heteroatoms. The summed E-state index contributed by atoms with van der Waals surface area (Å²) in [5, 5.41) is 2.48. The number of nitrogens with one attached hydrogen (secondary N) is 1. The first-order valence-corrected chi connectivity index (χ1v) is 5.21. The van der Waals surface area contributed by atoms with Crippen LogP contribution in [0.4, 0.5) is 14.9 Å². The number of rotatable bonds is 2. The van der Waals surface area contributed by atoms with Gasteiger partial charge < -0.3 is 4.74 Å². The van der Waals surface area contributed by atoms with Crippen LogP contribution in [0, 0.1) is 5.82 Å². The zero-order valence-corrected chi connectivity index (χ0v) is 9.97. The highest BCUT2D eigenvalue weighted by molar-refractivity contribution is 9.10. The van der Waals surface area contributed by atoms with Gasteiger partial charge in [-0.3, -0.25) is 5.32 Å². The number of amides is 1. The normalized spacial score (nSPS) is 10.2. The quantitative estimate of drug-likeness (QED) is 0.897. The van der Waals surface area contributed by atoms with Crippen molar-refractivity contribution in [3.05, 3.63) is 28.5 Å². The minimum atomic E-state index is -0.552. The molecular formula is C10H11BrFNO2. The molecule has 0 saturated heterocycles. The number of anilines is 1. The van der Waals surface area contributed by atoms with E-state index < -0.39 is 6.09 Å². The average Bonchev–Trinajstić information content (AvgIpc) is 2.10. The Morgan fingerprint density at radius 1 is 1.53 bits per heavy atom. The van der Waals surface area contributed by atoms with Crippen LogP contribution in [0.15, 0.2) is 22.7 Å². The highest BCUT2D eigenvalue weighted by Crippen LogP contribution is 2.20. The number of benzene rings is 1. The van der Waals surface area contributed by atoms with Gasteiger partial charge in [0.05, 0.1) is 10.6 Å². The minimum Gasteiger partial charge on any atom is -0.447 e. The molecule has 1 amide bonds. The second-order valence-electron chi connectivity index (χ2n) is 3.21. The predicted octanol–water partition coefficient (Wildman–Crippen LogP) is 3.55. The molecule has 0 aliphatic carbocycles. The van der Waals surface area contributed by atoms with E-state index in [-0.39, 0.29) is 11.9 Å². The standard InChI is InChI=1S/C10H11BrFNO2/c1-6(2)15-10(14)13-7-3-4-9(12)8(11)5-7/h3-6H,1-2H3,(H,13,14). The molecule has 15 heavy (non-hydrogen) atoms. The van der Waals surface area contributed by atoms with Gasteiger partial charge in [-0.2, -0.15) is 0 Å². The lowest BCUT2D eigenvalue weighted by Gasteiger charge is -2.09. The molecule has 3 nitrogen and oxygen atoms in total. The third kappa shape index (κ3) is 3.87. The summed E-state index contributed by atoms with van der Waals surface area (Å²) in [6.07, 6.45) is -0.739. The van der Waals surface area contributed by atoms with Crippen LogP contribution >= 0.6 is 15.9 Å². The first-order chi connectivity index (χ1) is 6.99. The molecule has 0 saturated carbocycles. The van der Waals surface area contributed by atoms with Crippen LogP contribution in [-0.2, 0) is 4.74 Å². The molecule has 0 radical (unpaired) electrons. The highest BCUT2D eigenvalue weighted by atomic mass is 79.9. The number of hydrogen-bond acceptors (Lipinski definition) is 2. The van der Waals surface area contributed by atoms with Gasteiger partial charge in [0.15, 0.2) is 0 Å². The van der Waals surface area contributed by atoms with Crippen molar-refractivity contribution in [2.75, 3.05) is 5.32 Å². The van der Waals surface area contributed by atoms with Crippen molar-refractivity contribution in [2.45, 2.75) is 20.0 Å². The topological polar surface area (TPSA) is 38.3 Å². The summed E-state index contributed by atoms with van der Waals surface area (Å²) in [6, 6.07) is 4.19. The summed E-state index contributed by atoms with van der Waals surface area (Å²) in [6.45, 7) is 3.50. The summed E-state index contributed by atoms with van der Waals surface area (Å²) in [4.78, 5) is 11.2. The van der Waals surface area contributed by atoms with E-state index >= 15 is 0 Å². The van der Waals surface area contributed by atoms with Gasteiger partial charge in [-0.1, -0.05) is 0 Å². The van der Waals surface area contributed by atoms with E-state index in [0.717, 1.165) is 0 Å². The SMILES string of the molecule is CC(C)OC(=O)Nc1ccc(F)c(Br)c1. The second-order valence-corrected chi connectivity index (χ2v) is 4.06. The van der Waals surface area contributed by atoms with Gasteiger partial charge in [0.1, 0.15) is 5.82 Å². The molecule has 1 N–H and O–H groups in total. The molecule has 0 unspecified atom stereocenters. The Labute approximate surface area is 95.7 Å². The number of carbonyl (C=O) groups excluding carboxylic acids is 1. The van der Waals surface area contributed by atoms with Crippen LogP contribution < -0.4 is 5.32 Å². The maximum absolute atomic E-state index is 12.9. The van der Waals surface area contributed by atoms with E-state index in [1.807, 2.05) is 0 Å². The zero-order chi connectivity index (χ0) is 11.4. The fourth-order valence-electron chi connectivity index (χ4n) is 0.935. The fourth-order valence-corrected chi connectivity index (χ4v) is 1.31. The molecule has 0 aliphatic heterocycles. The van der Waals surface area contributed by atoms with Crippen molar-refractivity contribution in [2.24, 2.45) is 0 Å². The van der Waals surface area contributed by atoms with E-state index in [2.05, 4.69) is 21.2 Å². The zero-order valence-electron chi connectivity index (χ0n) is 8.38. The smallest absolute Gasteiger partial charge is 0.411 e. The number of ether oxygens (including phenoxy) is 1. The van der Waals surface area contributed by atoms with Crippen LogP contribution in [0.25, 0.3) is 0 Å². The Kier molecular flexibility index (Phi) is 4.08. The van der Waals surface area contributed by atoms with Gasteiger partial charge in [0.25, 0.3) is 0 Å². The molecule has 0 bridgehead atoms. The third-order valence-corrected chi connectivity index (χ3v) is 2.12. The lowest BCUT2D eigenvalue weighted by Crippen LogP contribution is -2.17. The number of carbonyl (C=O) groups is 1. The maximum Gasteiger partial charge on any atom is 0.411 e. The van der Waals surface area contributed by atoms with Gasteiger partial charge in [0, 0.05) is 5.69 Å². The predicted molar refractivity (Wildman–Crippen MR) is 59.3 cm³/mol. The summed E-state index contributed by atoms with van der Waals surface area (Å²) >= 11 is 3.02. The Morgan fingerprint density at radius 3 is 2.73 bits per heavy atom. The summed E-state index contributed by atoms with van der Waals surface area (Å²) in [7, 11) is 0. The van der Waals surface area contributed by atoms with Crippen LogP contribution in [0.1, 0.15) is 13.8 Å². The van der Waals surface area contributed by atoms with E-state index in [1.165, 1.54) is 18.2 Å². The van der Waals surface area contributed by atoms with Crippen molar-refractivity contribution in [3.63, 3.8) is 0 Å². The van der Waals surface area contributed by atoms with E-state index in [1.54, 1.807) is 13.8 Å². The Balaban J connectivity index is 2.65. The Hall–Kier alpha value is -1.10. The molecule has 0 spiro atoms. The number of halogens is 2. The monoisotopic (exact) mass is 275 g/mol. The van der Waals surface area contributed by atoms with Crippen LogP contribution in [0.2, 0.25) is 0 Å². The van der Waals surface area contributed by atoms with Crippen molar-refractivity contribution >= 4 is 27.7 Å². The second kappa shape index (κ2) is 5.11. The molecule has 0 aromatic heterocycles. The first-order valence-electron chi connectivity index (χ1n) is 4.41. The summed E-state index contributed by atoms with van der Waals surface area (Å²) in [5.41, 5.74) is 0.480. The van der Waals surface area contributed by atoms with Crippen LogP contribution in [-0.4, -0.2) is 12.2 Å². The molecule has 0 aliphatic rings. The van der Waals surface area contributed by atoms with Gasteiger partial charge in [-0.15, -0.1) is 0 Å². The molecule has 1 aromatic rings. The molecule has 0 fully saturated rings. The lowest BCUT2D eigenvalue weighted by atomic mass is 10.3. The summed E-state index contributed by atoms with van der Waals surface area (Å²) in [5.74, 6) is -0.377. The molecule has 0 atom stereocenters. The van der Waals surface area contributed by atoms with Crippen LogP contribution in [0.5, 0.6) is 0 Å². The lowest BCUT2D eigenvalue weighted by molar-refractivity contribution is 0.130. The summed E-state index contributed by atoms with van der Waals surface area (Å²) < 4.78 is 18.0. The molecular weight excluding hydrogens is 265 g/mol. The Morgan fingerprint density at radius 2 is 2.20 bits per heavy atom. The van der Waals surface area contributed by atoms with E-state index in [4.69, 9.17) is 4.74 Å². The van der Waals surface area contributed by atoms with E-state index in [0.29, 0.717) is 10.2 Å². The maximum atomic E-state index is 12.9. The fraction of sp³-hybridized carbons (Fsp3) is 0.300. The molecule has 82 valence electrons. The average molecular weight is 276 g/mol. The molecule has 0 heterocycles. The first kappa shape index (κ1) is 12.0. The van der Waals surface area contributed by atoms with Gasteiger partial charge >= 0.3 is 6.09 Å². The van der Waals surface area contributed by atoms with Crippen molar-refractivity contribution in [1.82, 2.24) is 0 Å². The van der Waals surface area contributed by atoms with Gasteiger partial charge in [-0.25, -0.2) is 9.18 Å². The van der Waals surface area contributed by atoms with Crippen molar-refractivity contribution in [3.8, 4) is 0 Å². The number of hydrogen-bond donors (Lipinski definition) is 1.